The van der Waals surface area contributed by atoms with E-state index >= 15 is 0 Å². The number of carboxylic acids is 1. The van der Waals surface area contributed by atoms with Gasteiger partial charge in [-0.05, 0) is 32.2 Å². The molecule has 120 valence electrons. The Kier molecular flexibility index (Phi) is 5.25. The fourth-order valence-electron chi connectivity index (χ4n) is 3.92. The fraction of sp³-hybridized carbons (Fsp3) is 0.875. The minimum atomic E-state index is -0.801. The van der Waals surface area contributed by atoms with Crippen molar-refractivity contribution >= 4 is 11.9 Å². The molecule has 4 atom stereocenters. The summed E-state index contributed by atoms with van der Waals surface area (Å²) in [5.41, 5.74) is 0. The quantitative estimate of drug-likeness (QED) is 0.857. The van der Waals surface area contributed by atoms with Crippen molar-refractivity contribution < 1.29 is 14.7 Å². The molecule has 2 rings (SSSR count). The summed E-state index contributed by atoms with van der Waals surface area (Å²) < 4.78 is 0. The van der Waals surface area contributed by atoms with Crippen LogP contribution in [0.1, 0.15) is 40.0 Å². The van der Waals surface area contributed by atoms with E-state index in [-0.39, 0.29) is 11.8 Å². The van der Waals surface area contributed by atoms with Gasteiger partial charge in [-0.25, -0.2) is 0 Å². The van der Waals surface area contributed by atoms with Crippen molar-refractivity contribution in [2.75, 3.05) is 26.2 Å². The zero-order chi connectivity index (χ0) is 15.6. The maximum atomic E-state index is 12.8. The standard InChI is InChI=1S/C16H28N2O3/c1-4-12-8-13(14(9-12)16(20)21)15(19)18-7-6-17(5-2)11(3)10-18/h11-14H,4-10H2,1-3H3,(H,20,21)/t11?,12?,13-,14+/m0/s1. The molecule has 0 radical (unpaired) electrons. The van der Waals surface area contributed by atoms with Crippen LogP contribution in [0.3, 0.4) is 0 Å². The lowest BCUT2D eigenvalue weighted by molar-refractivity contribution is -0.150. The average molecular weight is 296 g/mol. The Balaban J connectivity index is 2.03. The third-order valence-electron chi connectivity index (χ3n) is 5.35. The molecular formula is C16H28N2O3. The van der Waals surface area contributed by atoms with Gasteiger partial charge in [-0.3, -0.25) is 14.5 Å². The smallest absolute Gasteiger partial charge is 0.307 e. The predicted octanol–water partition coefficient (Wildman–Crippen LogP) is 1.68. The monoisotopic (exact) mass is 296 g/mol. The Hall–Kier alpha value is -1.10. The van der Waals surface area contributed by atoms with Gasteiger partial charge in [0.15, 0.2) is 0 Å². The normalized spacial score (nSPS) is 34.1. The van der Waals surface area contributed by atoms with E-state index in [0.29, 0.717) is 18.4 Å². The van der Waals surface area contributed by atoms with Gasteiger partial charge in [0.1, 0.15) is 0 Å². The van der Waals surface area contributed by atoms with Crippen molar-refractivity contribution in [2.45, 2.75) is 46.1 Å². The van der Waals surface area contributed by atoms with Crippen LogP contribution in [0.5, 0.6) is 0 Å². The zero-order valence-electron chi connectivity index (χ0n) is 13.4. The number of nitrogens with zero attached hydrogens (tertiary/aromatic N) is 2. The summed E-state index contributed by atoms with van der Waals surface area (Å²) in [4.78, 5) is 28.5. The number of carbonyl (C=O) groups excluding carboxylic acids is 1. The number of amides is 1. The number of hydrogen-bond donors (Lipinski definition) is 1. The summed E-state index contributed by atoms with van der Waals surface area (Å²) in [6.45, 7) is 9.72. The molecule has 0 spiro atoms. The molecule has 21 heavy (non-hydrogen) atoms. The van der Waals surface area contributed by atoms with Gasteiger partial charge >= 0.3 is 5.97 Å². The first-order valence-corrected chi connectivity index (χ1v) is 8.23. The lowest BCUT2D eigenvalue weighted by atomic mass is 9.94. The van der Waals surface area contributed by atoms with Gasteiger partial charge in [0.05, 0.1) is 11.8 Å². The maximum Gasteiger partial charge on any atom is 0.307 e. The Morgan fingerprint density at radius 3 is 2.33 bits per heavy atom. The number of hydrogen-bond acceptors (Lipinski definition) is 3. The van der Waals surface area contributed by atoms with Crippen LogP contribution in [0.25, 0.3) is 0 Å². The molecule has 0 aromatic carbocycles. The van der Waals surface area contributed by atoms with E-state index in [1.807, 2.05) is 4.90 Å². The van der Waals surface area contributed by atoms with Crippen LogP contribution < -0.4 is 0 Å². The van der Waals surface area contributed by atoms with Crippen molar-refractivity contribution in [2.24, 2.45) is 17.8 Å². The molecule has 1 saturated carbocycles. The highest BCUT2D eigenvalue weighted by Crippen LogP contribution is 2.39. The first-order valence-electron chi connectivity index (χ1n) is 8.23. The molecule has 1 aliphatic heterocycles. The van der Waals surface area contributed by atoms with E-state index < -0.39 is 11.9 Å². The topological polar surface area (TPSA) is 60.9 Å². The highest BCUT2D eigenvalue weighted by atomic mass is 16.4. The third kappa shape index (κ3) is 3.39. The first-order chi connectivity index (χ1) is 9.97. The van der Waals surface area contributed by atoms with E-state index in [1.165, 1.54) is 0 Å². The summed E-state index contributed by atoms with van der Waals surface area (Å²) in [7, 11) is 0. The SMILES string of the molecule is CCC1C[C@H](C(=O)N2CCN(CC)C(C)C2)[C@H](C(=O)O)C1. The minimum Gasteiger partial charge on any atom is -0.481 e. The zero-order valence-corrected chi connectivity index (χ0v) is 13.4. The number of likely N-dealkylation sites (N-methyl/N-ethyl adjacent to an activating group) is 1. The van der Waals surface area contributed by atoms with Gasteiger partial charge < -0.3 is 10.0 Å². The van der Waals surface area contributed by atoms with Crippen LogP contribution in [0.2, 0.25) is 0 Å². The van der Waals surface area contributed by atoms with Gasteiger partial charge in [-0.1, -0.05) is 20.3 Å². The van der Waals surface area contributed by atoms with Crippen LogP contribution >= 0.6 is 0 Å². The van der Waals surface area contributed by atoms with Gasteiger partial charge in [-0.15, -0.1) is 0 Å². The largest absolute Gasteiger partial charge is 0.481 e. The number of aliphatic carboxylic acids is 1. The molecule has 1 aliphatic carbocycles. The Bertz CT molecular complexity index is 399. The van der Waals surface area contributed by atoms with Gasteiger partial charge in [0.25, 0.3) is 0 Å². The molecule has 1 N–H and O–H groups in total. The second-order valence-corrected chi connectivity index (χ2v) is 6.56. The molecular weight excluding hydrogens is 268 g/mol. The molecule has 1 amide bonds. The lowest BCUT2D eigenvalue weighted by Crippen LogP contribution is -2.55. The van der Waals surface area contributed by atoms with E-state index in [4.69, 9.17) is 0 Å². The van der Waals surface area contributed by atoms with Gasteiger partial charge in [0, 0.05) is 25.7 Å². The van der Waals surface area contributed by atoms with Gasteiger partial charge in [-0.2, -0.15) is 0 Å². The van der Waals surface area contributed by atoms with Crippen LogP contribution in [0.15, 0.2) is 0 Å². The molecule has 2 unspecified atom stereocenters. The summed E-state index contributed by atoms with van der Waals surface area (Å²) >= 11 is 0. The summed E-state index contributed by atoms with van der Waals surface area (Å²) in [5, 5.41) is 9.40. The highest BCUT2D eigenvalue weighted by Gasteiger charge is 2.44. The van der Waals surface area contributed by atoms with Crippen molar-refractivity contribution in [3.63, 3.8) is 0 Å². The first kappa shape index (κ1) is 16.3. The molecule has 1 heterocycles. The predicted molar refractivity (Wildman–Crippen MR) is 80.9 cm³/mol. The summed E-state index contributed by atoms with van der Waals surface area (Å²) in [6.07, 6.45) is 2.37. The molecule has 5 nitrogen and oxygen atoms in total. The van der Waals surface area contributed by atoms with E-state index in [1.54, 1.807) is 0 Å². The number of piperazine rings is 1. The van der Waals surface area contributed by atoms with Crippen molar-refractivity contribution in [3.05, 3.63) is 0 Å². The molecule has 2 aliphatic rings. The summed E-state index contributed by atoms with van der Waals surface area (Å²) in [5.74, 6) is -1.14. The van der Waals surface area contributed by atoms with E-state index in [2.05, 4.69) is 25.7 Å². The van der Waals surface area contributed by atoms with Crippen molar-refractivity contribution in [3.8, 4) is 0 Å². The number of carbonyl (C=O) groups is 2. The van der Waals surface area contributed by atoms with Crippen LogP contribution in [0, 0.1) is 17.8 Å². The Morgan fingerprint density at radius 1 is 1.14 bits per heavy atom. The molecule has 0 aromatic heterocycles. The number of carboxylic acid groups (broad SMARTS) is 1. The second-order valence-electron chi connectivity index (χ2n) is 6.56. The van der Waals surface area contributed by atoms with Crippen LogP contribution in [0.4, 0.5) is 0 Å². The van der Waals surface area contributed by atoms with Crippen molar-refractivity contribution in [1.29, 1.82) is 0 Å². The van der Waals surface area contributed by atoms with E-state index in [0.717, 1.165) is 39.0 Å². The lowest BCUT2D eigenvalue weighted by Gasteiger charge is -2.40. The molecule has 5 heteroatoms. The minimum absolute atomic E-state index is 0.0703. The van der Waals surface area contributed by atoms with Crippen LogP contribution in [-0.2, 0) is 9.59 Å². The van der Waals surface area contributed by atoms with Crippen LogP contribution in [-0.4, -0.2) is 59.0 Å². The van der Waals surface area contributed by atoms with Crippen molar-refractivity contribution in [1.82, 2.24) is 9.80 Å². The molecule has 0 aromatic rings. The molecule has 0 bridgehead atoms. The number of rotatable bonds is 4. The highest BCUT2D eigenvalue weighted by molar-refractivity contribution is 5.85. The Labute approximate surface area is 127 Å². The molecule has 2 fully saturated rings. The Morgan fingerprint density at radius 2 is 1.81 bits per heavy atom. The second kappa shape index (κ2) is 6.77. The third-order valence-corrected chi connectivity index (χ3v) is 5.35. The van der Waals surface area contributed by atoms with Gasteiger partial charge in [0.2, 0.25) is 5.91 Å². The van der Waals surface area contributed by atoms with E-state index in [9.17, 15) is 14.7 Å². The maximum absolute atomic E-state index is 12.8. The molecule has 1 saturated heterocycles. The average Bonchev–Trinajstić information content (AvgIpc) is 2.90. The fourth-order valence-corrected chi connectivity index (χ4v) is 3.92. The summed E-state index contributed by atoms with van der Waals surface area (Å²) in [6, 6.07) is 0.361.